The molecule has 0 amide bonds. The fraction of sp³-hybridized carbons (Fsp3) is 0.286. The van der Waals surface area contributed by atoms with Crippen molar-refractivity contribution in [2.45, 2.75) is 38.4 Å². The summed E-state index contributed by atoms with van der Waals surface area (Å²) in [6.07, 6.45) is 8.54. The third-order valence-corrected chi connectivity index (χ3v) is 6.43. The van der Waals surface area contributed by atoms with E-state index in [1.54, 1.807) is 13.2 Å². The Labute approximate surface area is 194 Å². The maximum Gasteiger partial charge on any atom is 0.337 e. The molecule has 2 aromatic carbocycles. The third kappa shape index (κ3) is 4.29. The lowest BCUT2D eigenvalue weighted by Crippen LogP contribution is -2.08. The molecule has 1 aliphatic heterocycles. The van der Waals surface area contributed by atoms with Crippen LogP contribution in [0.1, 0.15) is 68.5 Å². The van der Waals surface area contributed by atoms with Gasteiger partial charge in [-0.05, 0) is 84.3 Å². The van der Waals surface area contributed by atoms with Gasteiger partial charge in [0, 0.05) is 18.4 Å². The molecule has 1 aromatic heterocycles. The highest BCUT2D eigenvalue weighted by atomic mass is 16.5. The lowest BCUT2D eigenvalue weighted by Gasteiger charge is -2.18. The van der Waals surface area contributed by atoms with Gasteiger partial charge in [0.15, 0.2) is 0 Å². The van der Waals surface area contributed by atoms with E-state index in [1.807, 2.05) is 24.3 Å². The zero-order valence-electron chi connectivity index (χ0n) is 19.0. The summed E-state index contributed by atoms with van der Waals surface area (Å²) in [6, 6.07) is 15.9. The number of ether oxygens (including phenoxy) is 3. The normalized spacial score (nSPS) is 16.8. The van der Waals surface area contributed by atoms with Crippen molar-refractivity contribution in [2.75, 3.05) is 14.2 Å². The molecule has 0 saturated carbocycles. The number of hydrogen-bond acceptors (Lipinski definition) is 5. The van der Waals surface area contributed by atoms with Crippen molar-refractivity contribution < 1.29 is 19.0 Å². The number of nitrogens with zero attached hydrogens (tertiary/aromatic N) is 1. The van der Waals surface area contributed by atoms with Crippen molar-refractivity contribution in [1.29, 1.82) is 0 Å². The molecule has 1 unspecified atom stereocenters. The van der Waals surface area contributed by atoms with Crippen LogP contribution in [0.2, 0.25) is 0 Å². The Morgan fingerprint density at radius 3 is 2.70 bits per heavy atom. The van der Waals surface area contributed by atoms with Crippen molar-refractivity contribution >= 4 is 18.1 Å². The van der Waals surface area contributed by atoms with Gasteiger partial charge in [0.05, 0.1) is 18.4 Å². The Morgan fingerprint density at radius 2 is 1.85 bits per heavy atom. The summed E-state index contributed by atoms with van der Waals surface area (Å²) in [6.45, 7) is 0.362. The van der Waals surface area contributed by atoms with Gasteiger partial charge in [0.25, 0.3) is 0 Å². The SMILES string of the molecule is COC(=O)c1ccc2c(c1)COc1ccc(/C=C/c3ccc4c(n3)CCCC4)cc1C2OC. The topological polar surface area (TPSA) is 57.7 Å². The summed E-state index contributed by atoms with van der Waals surface area (Å²) in [5, 5.41) is 0. The van der Waals surface area contributed by atoms with Gasteiger partial charge in [0.2, 0.25) is 0 Å². The second kappa shape index (κ2) is 9.20. The van der Waals surface area contributed by atoms with Gasteiger partial charge in [-0.15, -0.1) is 0 Å². The van der Waals surface area contributed by atoms with Crippen LogP contribution in [-0.2, 0) is 28.9 Å². The van der Waals surface area contributed by atoms with E-state index >= 15 is 0 Å². The van der Waals surface area contributed by atoms with E-state index in [9.17, 15) is 4.79 Å². The number of pyridine rings is 1. The Hall–Kier alpha value is -3.44. The molecule has 2 heterocycles. The zero-order valence-corrected chi connectivity index (χ0v) is 19.0. The first-order valence-electron chi connectivity index (χ1n) is 11.3. The molecule has 1 atom stereocenters. The summed E-state index contributed by atoms with van der Waals surface area (Å²) in [5.74, 6) is 0.415. The fourth-order valence-electron chi connectivity index (χ4n) is 4.69. The highest BCUT2D eigenvalue weighted by Crippen LogP contribution is 2.39. The van der Waals surface area contributed by atoms with Crippen LogP contribution in [0.5, 0.6) is 5.75 Å². The summed E-state index contributed by atoms with van der Waals surface area (Å²) in [7, 11) is 3.07. The molecule has 5 rings (SSSR count). The van der Waals surface area contributed by atoms with Crippen molar-refractivity contribution in [3.63, 3.8) is 0 Å². The van der Waals surface area contributed by atoms with E-state index in [0.717, 1.165) is 46.5 Å². The predicted octanol–water partition coefficient (Wildman–Crippen LogP) is 5.55. The minimum atomic E-state index is -0.364. The van der Waals surface area contributed by atoms with Crippen LogP contribution >= 0.6 is 0 Å². The number of methoxy groups -OCH3 is 2. The number of aromatic nitrogens is 1. The maximum atomic E-state index is 12.0. The van der Waals surface area contributed by atoms with E-state index in [1.165, 1.54) is 31.2 Å². The Morgan fingerprint density at radius 1 is 0.970 bits per heavy atom. The van der Waals surface area contributed by atoms with Gasteiger partial charge in [0.1, 0.15) is 18.5 Å². The second-order valence-electron chi connectivity index (χ2n) is 8.49. The van der Waals surface area contributed by atoms with E-state index < -0.39 is 0 Å². The van der Waals surface area contributed by atoms with Crippen molar-refractivity contribution in [1.82, 2.24) is 4.98 Å². The number of benzene rings is 2. The number of hydrogen-bond donors (Lipinski definition) is 0. The maximum absolute atomic E-state index is 12.0. The van der Waals surface area contributed by atoms with Crippen LogP contribution in [0.4, 0.5) is 0 Å². The molecule has 0 radical (unpaired) electrons. The largest absolute Gasteiger partial charge is 0.488 e. The van der Waals surface area contributed by atoms with E-state index in [2.05, 4.69) is 30.4 Å². The first-order chi connectivity index (χ1) is 16.2. The summed E-state index contributed by atoms with van der Waals surface area (Å²) in [5.41, 5.74) is 8.01. The number of rotatable bonds is 4. The van der Waals surface area contributed by atoms with Gasteiger partial charge in [-0.1, -0.05) is 24.3 Å². The quantitative estimate of drug-likeness (QED) is 0.497. The highest BCUT2D eigenvalue weighted by molar-refractivity contribution is 5.89. The Bertz CT molecular complexity index is 1230. The van der Waals surface area contributed by atoms with Crippen LogP contribution in [0, 0.1) is 0 Å². The van der Waals surface area contributed by atoms with Crippen LogP contribution in [-0.4, -0.2) is 25.2 Å². The number of carbonyl (C=O) groups excluding carboxylic acids is 1. The van der Waals surface area contributed by atoms with E-state index in [0.29, 0.717) is 12.2 Å². The molecule has 168 valence electrons. The molecule has 0 saturated heterocycles. The summed E-state index contributed by atoms with van der Waals surface area (Å²) < 4.78 is 16.8. The molecule has 3 aromatic rings. The van der Waals surface area contributed by atoms with E-state index in [4.69, 9.17) is 19.2 Å². The van der Waals surface area contributed by atoms with Gasteiger partial charge in [-0.25, -0.2) is 4.79 Å². The summed E-state index contributed by atoms with van der Waals surface area (Å²) in [4.78, 5) is 16.8. The van der Waals surface area contributed by atoms with Crippen molar-refractivity contribution in [3.05, 3.63) is 93.3 Å². The molecular weight excluding hydrogens is 414 g/mol. The number of aryl methyl sites for hydroxylation is 2. The molecule has 1 aliphatic carbocycles. The van der Waals surface area contributed by atoms with Gasteiger partial charge >= 0.3 is 5.97 Å². The standard InChI is InChI=1S/C28H27NO4/c1-31-27-23-13-10-20(28(30)32-2)16-21(23)17-33-26-14-8-18(15-24(26)27)7-11-22-12-9-19-5-3-4-6-25(19)29-22/h7-16,27H,3-6,17H2,1-2H3/b11-7+. The number of carbonyl (C=O) groups is 1. The van der Waals surface area contributed by atoms with Crippen LogP contribution in [0.25, 0.3) is 12.2 Å². The van der Waals surface area contributed by atoms with Crippen molar-refractivity contribution in [2.24, 2.45) is 0 Å². The molecule has 5 heteroatoms. The molecular formula is C28H27NO4. The van der Waals surface area contributed by atoms with Crippen LogP contribution < -0.4 is 4.74 Å². The smallest absolute Gasteiger partial charge is 0.337 e. The summed E-state index contributed by atoms with van der Waals surface area (Å²) >= 11 is 0. The first-order valence-corrected chi connectivity index (χ1v) is 11.3. The molecule has 0 bridgehead atoms. The average molecular weight is 442 g/mol. The van der Waals surface area contributed by atoms with Gasteiger partial charge < -0.3 is 14.2 Å². The fourth-order valence-corrected chi connectivity index (χ4v) is 4.69. The molecule has 2 aliphatic rings. The average Bonchev–Trinajstić information content (AvgIpc) is 3.02. The monoisotopic (exact) mass is 441 g/mol. The lowest BCUT2D eigenvalue weighted by molar-refractivity contribution is 0.0600. The molecule has 5 nitrogen and oxygen atoms in total. The van der Waals surface area contributed by atoms with Crippen molar-refractivity contribution in [3.8, 4) is 5.75 Å². The van der Waals surface area contributed by atoms with Gasteiger partial charge in [-0.3, -0.25) is 4.98 Å². The first kappa shape index (κ1) is 21.4. The third-order valence-electron chi connectivity index (χ3n) is 6.43. The minimum absolute atomic E-state index is 0.292. The molecule has 33 heavy (non-hydrogen) atoms. The van der Waals surface area contributed by atoms with Gasteiger partial charge in [-0.2, -0.15) is 0 Å². The lowest BCUT2D eigenvalue weighted by atomic mass is 9.94. The van der Waals surface area contributed by atoms with E-state index in [-0.39, 0.29) is 12.1 Å². The van der Waals surface area contributed by atoms with Crippen LogP contribution in [0.15, 0.2) is 48.5 Å². The molecule has 0 spiro atoms. The number of fused-ring (bicyclic) bond motifs is 3. The second-order valence-corrected chi connectivity index (χ2v) is 8.49. The zero-order chi connectivity index (χ0) is 22.8. The highest BCUT2D eigenvalue weighted by Gasteiger charge is 2.26. The molecule has 0 fully saturated rings. The van der Waals surface area contributed by atoms with Crippen LogP contribution in [0.3, 0.4) is 0 Å². The number of esters is 1. The Kier molecular flexibility index (Phi) is 5.97. The Balaban J connectivity index is 1.45. The predicted molar refractivity (Wildman–Crippen MR) is 127 cm³/mol. The minimum Gasteiger partial charge on any atom is -0.488 e. The molecule has 0 N–H and O–H groups in total.